The van der Waals surface area contributed by atoms with Crippen LogP contribution in [-0.4, -0.2) is 0 Å². The van der Waals surface area contributed by atoms with E-state index in [1.807, 2.05) is 43.3 Å². The SMILES string of the molecule is CC=COCc1ccccc1. The molecule has 0 aliphatic heterocycles. The molecule has 1 nitrogen and oxygen atoms in total. The smallest absolute Gasteiger partial charge is 0.112 e. The van der Waals surface area contributed by atoms with Gasteiger partial charge in [-0.2, -0.15) is 0 Å². The standard InChI is InChI=1S/C10H12O/c1-2-8-11-9-10-6-4-3-5-7-10/h2-8H,9H2,1H3. The molecule has 0 radical (unpaired) electrons. The number of hydrogen-bond donors (Lipinski definition) is 0. The Morgan fingerprint density at radius 3 is 2.64 bits per heavy atom. The largest absolute Gasteiger partial charge is 0.497 e. The first-order valence-corrected chi connectivity index (χ1v) is 3.70. The molecule has 0 aliphatic carbocycles. The first kappa shape index (κ1) is 7.86. The van der Waals surface area contributed by atoms with Crippen molar-refractivity contribution in [2.75, 3.05) is 0 Å². The van der Waals surface area contributed by atoms with Gasteiger partial charge in [-0.15, -0.1) is 0 Å². The maximum absolute atomic E-state index is 5.19. The molecule has 0 saturated carbocycles. The van der Waals surface area contributed by atoms with Gasteiger partial charge in [-0.3, -0.25) is 0 Å². The Labute approximate surface area is 67.3 Å². The van der Waals surface area contributed by atoms with Gasteiger partial charge in [0, 0.05) is 0 Å². The van der Waals surface area contributed by atoms with Crippen molar-refractivity contribution in [3.05, 3.63) is 48.2 Å². The Hall–Kier alpha value is -1.24. The molecule has 1 aromatic carbocycles. The van der Waals surface area contributed by atoms with E-state index >= 15 is 0 Å². The van der Waals surface area contributed by atoms with Gasteiger partial charge in [0.05, 0.1) is 6.26 Å². The molecule has 0 aromatic heterocycles. The van der Waals surface area contributed by atoms with E-state index in [2.05, 4.69) is 0 Å². The maximum atomic E-state index is 5.19. The number of benzene rings is 1. The van der Waals surface area contributed by atoms with Crippen molar-refractivity contribution in [2.24, 2.45) is 0 Å². The predicted molar refractivity (Wildman–Crippen MR) is 46.0 cm³/mol. The summed E-state index contributed by atoms with van der Waals surface area (Å²) < 4.78 is 5.19. The van der Waals surface area contributed by atoms with Gasteiger partial charge in [0.25, 0.3) is 0 Å². The van der Waals surface area contributed by atoms with Crippen molar-refractivity contribution in [2.45, 2.75) is 13.5 Å². The second-order valence-electron chi connectivity index (χ2n) is 2.27. The molecule has 58 valence electrons. The van der Waals surface area contributed by atoms with Crippen LogP contribution >= 0.6 is 0 Å². The van der Waals surface area contributed by atoms with Gasteiger partial charge in [-0.05, 0) is 12.5 Å². The van der Waals surface area contributed by atoms with E-state index in [9.17, 15) is 0 Å². The lowest BCUT2D eigenvalue weighted by Crippen LogP contribution is -1.84. The van der Waals surface area contributed by atoms with Gasteiger partial charge in [0.2, 0.25) is 0 Å². The van der Waals surface area contributed by atoms with E-state index in [-0.39, 0.29) is 0 Å². The van der Waals surface area contributed by atoms with Gasteiger partial charge < -0.3 is 4.74 Å². The molecule has 0 aliphatic rings. The second kappa shape index (κ2) is 4.56. The van der Waals surface area contributed by atoms with Crippen LogP contribution in [0.25, 0.3) is 0 Å². The zero-order valence-corrected chi connectivity index (χ0v) is 6.66. The molecule has 0 amide bonds. The predicted octanol–water partition coefficient (Wildman–Crippen LogP) is 2.74. The summed E-state index contributed by atoms with van der Waals surface area (Å²) in [5.74, 6) is 0. The molecular formula is C10H12O. The fourth-order valence-electron chi connectivity index (χ4n) is 0.815. The first-order valence-electron chi connectivity index (χ1n) is 3.70. The highest BCUT2D eigenvalue weighted by Gasteiger charge is 1.86. The lowest BCUT2D eigenvalue weighted by Gasteiger charge is -1.98. The van der Waals surface area contributed by atoms with Crippen LogP contribution in [0.1, 0.15) is 12.5 Å². The van der Waals surface area contributed by atoms with Crippen molar-refractivity contribution >= 4 is 0 Å². The maximum Gasteiger partial charge on any atom is 0.112 e. The van der Waals surface area contributed by atoms with Crippen LogP contribution in [0.5, 0.6) is 0 Å². The molecule has 0 spiro atoms. The Kier molecular flexibility index (Phi) is 3.26. The molecule has 1 heteroatoms. The Morgan fingerprint density at radius 1 is 1.27 bits per heavy atom. The summed E-state index contributed by atoms with van der Waals surface area (Å²) >= 11 is 0. The van der Waals surface area contributed by atoms with E-state index < -0.39 is 0 Å². The number of hydrogen-bond acceptors (Lipinski definition) is 1. The monoisotopic (exact) mass is 148 g/mol. The zero-order chi connectivity index (χ0) is 7.94. The third-order valence-electron chi connectivity index (χ3n) is 1.33. The van der Waals surface area contributed by atoms with Crippen molar-refractivity contribution < 1.29 is 4.74 Å². The summed E-state index contributed by atoms with van der Waals surface area (Å²) in [5, 5.41) is 0. The van der Waals surface area contributed by atoms with Crippen LogP contribution in [0, 0.1) is 0 Å². The highest BCUT2D eigenvalue weighted by Crippen LogP contribution is 1.99. The molecule has 1 aromatic rings. The van der Waals surface area contributed by atoms with Crippen LogP contribution < -0.4 is 0 Å². The van der Waals surface area contributed by atoms with E-state index in [1.165, 1.54) is 5.56 Å². The van der Waals surface area contributed by atoms with Crippen LogP contribution in [-0.2, 0) is 11.3 Å². The van der Waals surface area contributed by atoms with Crippen molar-refractivity contribution in [3.63, 3.8) is 0 Å². The summed E-state index contributed by atoms with van der Waals surface area (Å²) in [7, 11) is 0. The quantitative estimate of drug-likeness (QED) is 0.599. The molecule has 0 saturated heterocycles. The van der Waals surface area contributed by atoms with Crippen LogP contribution in [0.15, 0.2) is 42.7 Å². The summed E-state index contributed by atoms with van der Waals surface area (Å²) in [6.07, 6.45) is 3.58. The van der Waals surface area contributed by atoms with Crippen molar-refractivity contribution in [1.82, 2.24) is 0 Å². The van der Waals surface area contributed by atoms with E-state index in [0.717, 1.165) is 0 Å². The second-order valence-corrected chi connectivity index (χ2v) is 2.27. The van der Waals surface area contributed by atoms with Crippen LogP contribution in [0.4, 0.5) is 0 Å². The van der Waals surface area contributed by atoms with Gasteiger partial charge >= 0.3 is 0 Å². The summed E-state index contributed by atoms with van der Waals surface area (Å²) in [6.45, 7) is 2.59. The van der Waals surface area contributed by atoms with Gasteiger partial charge in [0.15, 0.2) is 0 Å². The third kappa shape index (κ3) is 2.89. The van der Waals surface area contributed by atoms with Crippen LogP contribution in [0.2, 0.25) is 0 Å². The minimum absolute atomic E-state index is 0.658. The summed E-state index contributed by atoms with van der Waals surface area (Å²) in [4.78, 5) is 0. The number of allylic oxidation sites excluding steroid dienone is 1. The molecule has 0 atom stereocenters. The molecule has 0 fully saturated rings. The van der Waals surface area contributed by atoms with Gasteiger partial charge in [-0.25, -0.2) is 0 Å². The Balaban J connectivity index is 2.39. The van der Waals surface area contributed by atoms with Gasteiger partial charge in [0.1, 0.15) is 6.61 Å². The highest BCUT2D eigenvalue weighted by molar-refractivity contribution is 5.13. The minimum atomic E-state index is 0.658. The molecule has 0 heterocycles. The van der Waals surface area contributed by atoms with Crippen molar-refractivity contribution in [1.29, 1.82) is 0 Å². The fourth-order valence-corrected chi connectivity index (χ4v) is 0.815. The molecule has 0 bridgehead atoms. The molecular weight excluding hydrogens is 136 g/mol. The molecule has 0 N–H and O–H groups in total. The Bertz CT molecular complexity index is 214. The number of ether oxygens (including phenoxy) is 1. The molecule has 1 rings (SSSR count). The molecule has 0 unspecified atom stereocenters. The van der Waals surface area contributed by atoms with Crippen molar-refractivity contribution in [3.8, 4) is 0 Å². The Morgan fingerprint density at radius 2 is 2.00 bits per heavy atom. The minimum Gasteiger partial charge on any atom is -0.497 e. The van der Waals surface area contributed by atoms with E-state index in [1.54, 1.807) is 6.26 Å². The molecule has 11 heavy (non-hydrogen) atoms. The summed E-state index contributed by atoms with van der Waals surface area (Å²) in [5.41, 5.74) is 1.20. The van der Waals surface area contributed by atoms with E-state index in [0.29, 0.717) is 6.61 Å². The fraction of sp³-hybridized carbons (Fsp3) is 0.200. The lowest BCUT2D eigenvalue weighted by molar-refractivity contribution is 0.236. The van der Waals surface area contributed by atoms with E-state index in [4.69, 9.17) is 4.74 Å². The average Bonchev–Trinajstić information content (AvgIpc) is 2.07. The average molecular weight is 148 g/mol. The topological polar surface area (TPSA) is 9.23 Å². The third-order valence-corrected chi connectivity index (χ3v) is 1.33. The normalized spacial score (nSPS) is 10.3. The highest BCUT2D eigenvalue weighted by atomic mass is 16.5. The first-order chi connectivity index (χ1) is 5.43. The van der Waals surface area contributed by atoms with Gasteiger partial charge in [-0.1, -0.05) is 36.4 Å². The lowest BCUT2D eigenvalue weighted by atomic mass is 10.2. The summed E-state index contributed by atoms with van der Waals surface area (Å²) in [6, 6.07) is 10.1. The number of rotatable bonds is 3. The van der Waals surface area contributed by atoms with Crippen LogP contribution in [0.3, 0.4) is 0 Å². The zero-order valence-electron chi connectivity index (χ0n) is 6.66.